The summed E-state index contributed by atoms with van der Waals surface area (Å²) in [5.41, 5.74) is 1.62. The van der Waals surface area contributed by atoms with E-state index in [0.717, 1.165) is 11.3 Å². The monoisotopic (exact) mass is 313 g/mol. The molecule has 6 heteroatoms. The van der Waals surface area contributed by atoms with Gasteiger partial charge in [0, 0.05) is 12.2 Å². The van der Waals surface area contributed by atoms with Crippen molar-refractivity contribution in [1.29, 1.82) is 0 Å². The molecule has 6 nitrogen and oxygen atoms in total. The molecule has 0 heterocycles. The van der Waals surface area contributed by atoms with E-state index in [0.29, 0.717) is 12.2 Å². The molecular formula is C17H19N3O3. The van der Waals surface area contributed by atoms with E-state index in [1.165, 1.54) is 0 Å². The van der Waals surface area contributed by atoms with E-state index in [9.17, 15) is 9.59 Å². The van der Waals surface area contributed by atoms with Crippen LogP contribution in [0, 0.1) is 0 Å². The molecule has 0 aliphatic heterocycles. The number of carbonyl (C=O) groups excluding carboxylic acids is 2. The summed E-state index contributed by atoms with van der Waals surface area (Å²) >= 11 is 0. The molecule has 0 saturated heterocycles. The van der Waals surface area contributed by atoms with Gasteiger partial charge in [0.15, 0.2) is 0 Å². The minimum atomic E-state index is -0.421. The molecule has 0 saturated carbocycles. The molecule has 0 radical (unpaired) electrons. The molecule has 0 spiro atoms. The summed E-state index contributed by atoms with van der Waals surface area (Å²) in [6, 6.07) is 16.0. The zero-order chi connectivity index (χ0) is 16.5. The third-order valence-electron chi connectivity index (χ3n) is 3.09. The highest BCUT2D eigenvalue weighted by Gasteiger charge is 2.05. The van der Waals surface area contributed by atoms with Crippen molar-refractivity contribution in [3.05, 3.63) is 60.2 Å². The Hall–Kier alpha value is -3.02. The van der Waals surface area contributed by atoms with Gasteiger partial charge in [-0.3, -0.25) is 4.79 Å². The first kappa shape index (κ1) is 16.4. The fraction of sp³-hybridized carbons (Fsp3) is 0.176. The van der Waals surface area contributed by atoms with Crippen molar-refractivity contribution in [3.63, 3.8) is 0 Å². The van der Waals surface area contributed by atoms with E-state index < -0.39 is 6.03 Å². The standard InChI is InChI=1S/C17H19N3O3/c1-23-15-9-7-13(8-10-15)11-18-16(21)12-19-17(22)20-14-5-3-2-4-6-14/h2-10H,11-12H2,1H3,(H,18,21)(H2,19,20,22). The van der Waals surface area contributed by atoms with Gasteiger partial charge in [0.1, 0.15) is 5.75 Å². The van der Waals surface area contributed by atoms with Crippen LogP contribution in [0.3, 0.4) is 0 Å². The van der Waals surface area contributed by atoms with Crippen LogP contribution >= 0.6 is 0 Å². The van der Waals surface area contributed by atoms with Gasteiger partial charge in [-0.1, -0.05) is 30.3 Å². The number of urea groups is 1. The quantitative estimate of drug-likeness (QED) is 0.764. The van der Waals surface area contributed by atoms with Crippen LogP contribution in [0.5, 0.6) is 5.75 Å². The van der Waals surface area contributed by atoms with Gasteiger partial charge in [-0.2, -0.15) is 0 Å². The van der Waals surface area contributed by atoms with E-state index >= 15 is 0 Å². The third-order valence-corrected chi connectivity index (χ3v) is 3.09. The highest BCUT2D eigenvalue weighted by atomic mass is 16.5. The molecule has 0 aliphatic rings. The fourth-order valence-electron chi connectivity index (χ4n) is 1.86. The van der Waals surface area contributed by atoms with E-state index in [4.69, 9.17) is 4.74 Å². The number of para-hydroxylation sites is 1. The van der Waals surface area contributed by atoms with Gasteiger partial charge in [0.05, 0.1) is 13.7 Å². The smallest absolute Gasteiger partial charge is 0.319 e. The lowest BCUT2D eigenvalue weighted by Gasteiger charge is -2.09. The second kappa shape index (κ2) is 8.43. The average molecular weight is 313 g/mol. The molecule has 2 aromatic carbocycles. The van der Waals surface area contributed by atoms with Crippen molar-refractivity contribution in [1.82, 2.24) is 10.6 Å². The van der Waals surface area contributed by atoms with Gasteiger partial charge in [-0.15, -0.1) is 0 Å². The Morgan fingerprint density at radius 3 is 2.30 bits per heavy atom. The Morgan fingerprint density at radius 1 is 0.957 bits per heavy atom. The Balaban J connectivity index is 1.69. The lowest BCUT2D eigenvalue weighted by molar-refractivity contribution is -0.120. The largest absolute Gasteiger partial charge is 0.497 e. The van der Waals surface area contributed by atoms with Crippen LogP contribution in [-0.4, -0.2) is 25.6 Å². The molecule has 0 bridgehead atoms. The molecule has 0 aromatic heterocycles. The van der Waals surface area contributed by atoms with Gasteiger partial charge in [-0.25, -0.2) is 4.79 Å². The van der Waals surface area contributed by atoms with Crippen LogP contribution in [-0.2, 0) is 11.3 Å². The second-order valence-corrected chi connectivity index (χ2v) is 4.80. The topological polar surface area (TPSA) is 79.5 Å². The predicted octanol–water partition coefficient (Wildman–Crippen LogP) is 2.13. The summed E-state index contributed by atoms with van der Waals surface area (Å²) in [6.45, 7) is 0.305. The van der Waals surface area contributed by atoms with Gasteiger partial charge in [0.25, 0.3) is 0 Å². The Bertz CT molecular complexity index is 642. The zero-order valence-corrected chi connectivity index (χ0v) is 12.8. The number of carbonyl (C=O) groups is 2. The van der Waals surface area contributed by atoms with Crippen molar-refractivity contribution in [2.45, 2.75) is 6.54 Å². The van der Waals surface area contributed by atoms with Crippen LogP contribution in [0.4, 0.5) is 10.5 Å². The SMILES string of the molecule is COc1ccc(CNC(=O)CNC(=O)Nc2ccccc2)cc1. The maximum atomic E-state index is 11.7. The zero-order valence-electron chi connectivity index (χ0n) is 12.8. The Morgan fingerprint density at radius 2 is 1.65 bits per heavy atom. The minimum absolute atomic E-state index is 0.0885. The lowest BCUT2D eigenvalue weighted by Crippen LogP contribution is -2.38. The molecule has 120 valence electrons. The van der Waals surface area contributed by atoms with E-state index in [1.54, 1.807) is 19.2 Å². The molecule has 2 rings (SSSR count). The van der Waals surface area contributed by atoms with Crippen LogP contribution in [0.1, 0.15) is 5.56 Å². The number of hydrogen-bond acceptors (Lipinski definition) is 3. The summed E-state index contributed by atoms with van der Waals surface area (Å²) in [7, 11) is 1.60. The molecule has 3 amide bonds. The number of hydrogen-bond donors (Lipinski definition) is 3. The first-order chi connectivity index (χ1) is 11.2. The number of ether oxygens (including phenoxy) is 1. The average Bonchev–Trinajstić information content (AvgIpc) is 2.59. The summed E-state index contributed by atoms with van der Waals surface area (Å²) < 4.78 is 5.07. The van der Waals surface area contributed by atoms with Crippen molar-refractivity contribution in [3.8, 4) is 5.75 Å². The lowest BCUT2D eigenvalue weighted by atomic mass is 10.2. The number of nitrogens with one attached hydrogen (secondary N) is 3. The van der Waals surface area contributed by atoms with Crippen LogP contribution < -0.4 is 20.7 Å². The van der Waals surface area contributed by atoms with Gasteiger partial charge < -0.3 is 20.7 Å². The third kappa shape index (κ3) is 5.70. The molecule has 0 aliphatic carbocycles. The number of anilines is 1. The minimum Gasteiger partial charge on any atom is -0.497 e. The Kier molecular flexibility index (Phi) is 5.99. The highest BCUT2D eigenvalue weighted by Crippen LogP contribution is 2.10. The molecule has 0 atom stereocenters. The highest BCUT2D eigenvalue weighted by molar-refractivity contribution is 5.92. The van der Waals surface area contributed by atoms with Gasteiger partial charge in [0.2, 0.25) is 5.91 Å². The first-order valence-corrected chi connectivity index (χ1v) is 7.17. The summed E-state index contributed by atoms with van der Waals surface area (Å²) in [6.07, 6.45) is 0. The molecule has 0 unspecified atom stereocenters. The summed E-state index contributed by atoms with van der Waals surface area (Å²) in [5, 5.41) is 7.88. The van der Waals surface area contributed by atoms with Crippen LogP contribution in [0.15, 0.2) is 54.6 Å². The predicted molar refractivity (Wildman–Crippen MR) is 88.3 cm³/mol. The van der Waals surface area contributed by atoms with Crippen molar-refractivity contribution in [2.75, 3.05) is 19.0 Å². The molecular weight excluding hydrogens is 294 g/mol. The molecule has 2 aromatic rings. The van der Waals surface area contributed by atoms with Crippen molar-refractivity contribution >= 4 is 17.6 Å². The first-order valence-electron chi connectivity index (χ1n) is 7.17. The Labute approximate surface area is 134 Å². The van der Waals surface area contributed by atoms with Crippen molar-refractivity contribution < 1.29 is 14.3 Å². The van der Waals surface area contributed by atoms with E-state index in [2.05, 4.69) is 16.0 Å². The normalized spacial score (nSPS) is 9.78. The second-order valence-electron chi connectivity index (χ2n) is 4.80. The van der Waals surface area contributed by atoms with Crippen molar-refractivity contribution in [2.24, 2.45) is 0 Å². The number of benzene rings is 2. The van der Waals surface area contributed by atoms with E-state index in [1.807, 2.05) is 42.5 Å². The van der Waals surface area contributed by atoms with Gasteiger partial charge >= 0.3 is 6.03 Å². The van der Waals surface area contributed by atoms with Crippen LogP contribution in [0.2, 0.25) is 0 Å². The summed E-state index contributed by atoms with van der Waals surface area (Å²) in [5.74, 6) is 0.503. The fourth-order valence-corrected chi connectivity index (χ4v) is 1.86. The maximum absolute atomic E-state index is 11.7. The van der Waals surface area contributed by atoms with Crippen LogP contribution in [0.25, 0.3) is 0 Å². The maximum Gasteiger partial charge on any atom is 0.319 e. The molecule has 3 N–H and O–H groups in total. The number of rotatable bonds is 6. The molecule has 23 heavy (non-hydrogen) atoms. The molecule has 0 fully saturated rings. The van der Waals surface area contributed by atoms with Gasteiger partial charge in [-0.05, 0) is 29.8 Å². The summed E-state index contributed by atoms with van der Waals surface area (Å²) in [4.78, 5) is 23.4. The number of methoxy groups -OCH3 is 1. The van der Waals surface area contributed by atoms with E-state index in [-0.39, 0.29) is 12.5 Å². The number of amides is 3.